The summed E-state index contributed by atoms with van der Waals surface area (Å²) in [7, 11) is 1.82. The monoisotopic (exact) mass is 323 g/mol. The molecule has 1 amide bonds. The molecule has 6 heteroatoms. The molecule has 2 aromatic heterocycles. The molecule has 1 N–H and O–H groups in total. The number of nitrogens with one attached hydrogen (secondary N) is 1. The summed E-state index contributed by atoms with van der Waals surface area (Å²) in [6.07, 6.45) is 3.57. The van der Waals surface area contributed by atoms with Crippen LogP contribution < -0.4 is 0 Å². The van der Waals surface area contributed by atoms with E-state index in [1.54, 1.807) is 15.8 Å². The van der Waals surface area contributed by atoms with E-state index in [-0.39, 0.29) is 11.9 Å². The summed E-state index contributed by atoms with van der Waals surface area (Å²) in [5.41, 5.74) is 4.47. The zero-order valence-electron chi connectivity index (χ0n) is 14.3. The molecule has 0 aliphatic carbocycles. The Kier molecular flexibility index (Phi) is 4.20. The van der Waals surface area contributed by atoms with Gasteiger partial charge >= 0.3 is 0 Å². The van der Waals surface area contributed by atoms with Crippen molar-refractivity contribution in [3.63, 3.8) is 0 Å². The molecule has 0 bridgehead atoms. The van der Waals surface area contributed by atoms with Crippen molar-refractivity contribution in [3.05, 3.63) is 65.2 Å². The van der Waals surface area contributed by atoms with Gasteiger partial charge in [0.1, 0.15) is 0 Å². The molecule has 0 saturated heterocycles. The number of rotatable bonds is 4. The van der Waals surface area contributed by atoms with E-state index in [9.17, 15) is 4.79 Å². The number of benzene rings is 1. The van der Waals surface area contributed by atoms with E-state index < -0.39 is 0 Å². The Labute approximate surface area is 141 Å². The molecule has 3 rings (SSSR count). The van der Waals surface area contributed by atoms with E-state index in [0.29, 0.717) is 5.56 Å². The summed E-state index contributed by atoms with van der Waals surface area (Å²) >= 11 is 0. The van der Waals surface area contributed by atoms with Gasteiger partial charge in [-0.15, -0.1) is 0 Å². The summed E-state index contributed by atoms with van der Waals surface area (Å²) in [4.78, 5) is 14.6. The lowest BCUT2D eigenvalue weighted by Crippen LogP contribution is -2.30. The molecule has 2 heterocycles. The van der Waals surface area contributed by atoms with E-state index in [4.69, 9.17) is 0 Å². The number of aromatic amines is 1. The highest BCUT2D eigenvalue weighted by Crippen LogP contribution is 2.25. The summed E-state index contributed by atoms with van der Waals surface area (Å²) in [6.45, 7) is 5.94. The van der Waals surface area contributed by atoms with Gasteiger partial charge in [0.05, 0.1) is 17.4 Å². The lowest BCUT2D eigenvalue weighted by Gasteiger charge is -2.25. The van der Waals surface area contributed by atoms with E-state index >= 15 is 0 Å². The number of aromatic nitrogens is 4. The second-order valence-electron chi connectivity index (χ2n) is 5.94. The zero-order valence-corrected chi connectivity index (χ0v) is 14.3. The van der Waals surface area contributed by atoms with Crippen LogP contribution in [0.1, 0.15) is 40.3 Å². The highest BCUT2D eigenvalue weighted by molar-refractivity contribution is 5.94. The summed E-state index contributed by atoms with van der Waals surface area (Å²) in [6, 6.07) is 9.27. The number of carbonyl (C=O) groups excluding carboxylic acids is 1. The first-order chi connectivity index (χ1) is 11.5. The van der Waals surface area contributed by atoms with Gasteiger partial charge in [-0.05, 0) is 45.0 Å². The smallest absolute Gasteiger partial charge is 0.254 e. The minimum atomic E-state index is -0.0652. The van der Waals surface area contributed by atoms with Crippen molar-refractivity contribution in [1.29, 1.82) is 0 Å². The number of nitrogens with zero attached hydrogens (tertiary/aromatic N) is 4. The van der Waals surface area contributed by atoms with E-state index in [1.807, 2.05) is 64.3 Å². The minimum Gasteiger partial charge on any atom is -0.335 e. The molecule has 1 atom stereocenters. The fourth-order valence-corrected chi connectivity index (χ4v) is 2.95. The number of amides is 1. The van der Waals surface area contributed by atoms with Crippen molar-refractivity contribution in [3.8, 4) is 5.69 Å². The fourth-order valence-electron chi connectivity index (χ4n) is 2.95. The first kappa shape index (κ1) is 16.0. The van der Waals surface area contributed by atoms with Crippen LogP contribution >= 0.6 is 0 Å². The van der Waals surface area contributed by atoms with Gasteiger partial charge in [0.2, 0.25) is 0 Å². The highest BCUT2D eigenvalue weighted by Gasteiger charge is 2.23. The molecule has 24 heavy (non-hydrogen) atoms. The van der Waals surface area contributed by atoms with Crippen molar-refractivity contribution < 1.29 is 4.79 Å². The van der Waals surface area contributed by atoms with Crippen LogP contribution in [0.15, 0.2) is 42.7 Å². The number of H-pyrrole nitrogens is 1. The van der Waals surface area contributed by atoms with Crippen molar-refractivity contribution in [1.82, 2.24) is 24.9 Å². The zero-order chi connectivity index (χ0) is 17.3. The molecule has 0 radical (unpaired) electrons. The second-order valence-corrected chi connectivity index (χ2v) is 5.94. The maximum Gasteiger partial charge on any atom is 0.254 e. The third kappa shape index (κ3) is 2.82. The van der Waals surface area contributed by atoms with Crippen LogP contribution in [0, 0.1) is 13.8 Å². The number of carbonyl (C=O) groups is 1. The van der Waals surface area contributed by atoms with Crippen LogP contribution in [0.25, 0.3) is 5.69 Å². The molecule has 0 fully saturated rings. The summed E-state index contributed by atoms with van der Waals surface area (Å²) in [5, 5.41) is 11.4. The maximum absolute atomic E-state index is 12.9. The molecule has 0 aliphatic rings. The Morgan fingerprint density at radius 3 is 2.71 bits per heavy atom. The predicted octanol–water partition coefficient (Wildman–Crippen LogP) is 3.05. The Morgan fingerprint density at radius 2 is 2.08 bits per heavy atom. The van der Waals surface area contributed by atoms with Crippen LogP contribution in [0.3, 0.4) is 0 Å². The van der Waals surface area contributed by atoms with Crippen molar-refractivity contribution in [2.24, 2.45) is 0 Å². The van der Waals surface area contributed by atoms with Gasteiger partial charge in [0.25, 0.3) is 5.91 Å². The SMILES string of the molecule is Cc1n[nH]c(C)c1C(C)N(C)C(=O)c1cccc(-n2cccn2)c1. The Balaban J connectivity index is 1.87. The second kappa shape index (κ2) is 6.31. The van der Waals surface area contributed by atoms with Gasteiger partial charge in [0.15, 0.2) is 0 Å². The fraction of sp³-hybridized carbons (Fsp3) is 0.278. The van der Waals surface area contributed by atoms with Crippen molar-refractivity contribution in [2.45, 2.75) is 26.8 Å². The van der Waals surface area contributed by atoms with E-state index in [2.05, 4.69) is 15.3 Å². The summed E-state index contributed by atoms with van der Waals surface area (Å²) in [5.74, 6) is -0.0310. The van der Waals surface area contributed by atoms with Crippen molar-refractivity contribution in [2.75, 3.05) is 7.05 Å². The largest absolute Gasteiger partial charge is 0.335 e. The average molecular weight is 323 g/mol. The van der Waals surface area contributed by atoms with Crippen LogP contribution in [0.2, 0.25) is 0 Å². The third-order valence-electron chi connectivity index (χ3n) is 4.37. The van der Waals surface area contributed by atoms with Crippen LogP contribution in [-0.4, -0.2) is 37.8 Å². The number of hydrogen-bond acceptors (Lipinski definition) is 3. The summed E-state index contributed by atoms with van der Waals surface area (Å²) < 4.78 is 1.74. The molecule has 1 aromatic carbocycles. The van der Waals surface area contributed by atoms with E-state index in [1.165, 1.54) is 0 Å². The molecule has 0 aliphatic heterocycles. The van der Waals surface area contributed by atoms with Crippen molar-refractivity contribution >= 4 is 5.91 Å². The Bertz CT molecular complexity index is 831. The number of hydrogen-bond donors (Lipinski definition) is 1. The molecule has 1 unspecified atom stereocenters. The van der Waals surface area contributed by atoms with Gasteiger partial charge in [-0.2, -0.15) is 10.2 Å². The average Bonchev–Trinajstić information content (AvgIpc) is 3.23. The van der Waals surface area contributed by atoms with Gasteiger partial charge in [-0.1, -0.05) is 6.07 Å². The first-order valence-electron chi connectivity index (χ1n) is 7.87. The first-order valence-corrected chi connectivity index (χ1v) is 7.87. The third-order valence-corrected chi connectivity index (χ3v) is 4.37. The minimum absolute atomic E-state index is 0.0310. The van der Waals surface area contributed by atoms with Crippen LogP contribution in [-0.2, 0) is 0 Å². The molecule has 0 spiro atoms. The Hall–Kier alpha value is -2.89. The lowest BCUT2D eigenvalue weighted by atomic mass is 10.0. The van der Waals surface area contributed by atoms with Crippen LogP contribution in [0.5, 0.6) is 0 Å². The topological polar surface area (TPSA) is 66.8 Å². The molecular formula is C18H21N5O. The normalized spacial score (nSPS) is 12.2. The number of aryl methyl sites for hydroxylation is 2. The van der Waals surface area contributed by atoms with Crippen LogP contribution in [0.4, 0.5) is 0 Å². The van der Waals surface area contributed by atoms with Gasteiger partial charge in [-0.25, -0.2) is 4.68 Å². The molecule has 6 nitrogen and oxygen atoms in total. The Morgan fingerprint density at radius 1 is 1.29 bits per heavy atom. The lowest BCUT2D eigenvalue weighted by molar-refractivity contribution is 0.0742. The molecule has 124 valence electrons. The standard InChI is InChI=1S/C18H21N5O/c1-12-17(13(2)21-20-12)14(3)22(4)18(24)15-7-5-8-16(11-15)23-10-6-9-19-23/h5-11,14H,1-4H3,(H,20,21). The van der Waals surface area contributed by atoms with Gasteiger partial charge < -0.3 is 4.90 Å². The highest BCUT2D eigenvalue weighted by atomic mass is 16.2. The molecule has 3 aromatic rings. The van der Waals surface area contributed by atoms with Gasteiger partial charge in [0, 0.05) is 36.3 Å². The maximum atomic E-state index is 12.9. The molecular weight excluding hydrogens is 302 g/mol. The molecule has 0 saturated carbocycles. The quantitative estimate of drug-likeness (QED) is 0.802. The van der Waals surface area contributed by atoms with E-state index in [0.717, 1.165) is 22.6 Å². The van der Waals surface area contributed by atoms with Gasteiger partial charge in [-0.3, -0.25) is 9.89 Å². The predicted molar refractivity (Wildman–Crippen MR) is 92.1 cm³/mol.